The molecule has 12 heteroatoms. The van der Waals surface area contributed by atoms with Gasteiger partial charge in [0, 0.05) is 61.7 Å². The van der Waals surface area contributed by atoms with Gasteiger partial charge in [0.05, 0.1) is 17.0 Å². The second-order valence-corrected chi connectivity index (χ2v) is 15.3. The zero-order chi connectivity index (χ0) is 36.8. The molecule has 0 radical (unpaired) electrons. The van der Waals surface area contributed by atoms with Gasteiger partial charge in [0.2, 0.25) is 0 Å². The van der Waals surface area contributed by atoms with Gasteiger partial charge in [-0.2, -0.15) is 8.42 Å². The molecule has 10 nitrogen and oxygen atoms in total. The molecule has 1 amide bonds. The molecule has 2 fully saturated rings. The van der Waals surface area contributed by atoms with Crippen molar-refractivity contribution in [2.24, 2.45) is 0 Å². The van der Waals surface area contributed by atoms with Gasteiger partial charge in [-0.05, 0) is 79.5 Å². The van der Waals surface area contributed by atoms with Gasteiger partial charge >= 0.3 is 0 Å². The average Bonchev–Trinajstić information content (AvgIpc) is 3.46. The van der Waals surface area contributed by atoms with Gasteiger partial charge in [0.25, 0.3) is 16.0 Å². The first-order valence-electron chi connectivity index (χ1n) is 17.6. The average molecular weight is 745 g/mol. The second kappa shape index (κ2) is 16.4. The number of fused-ring (bicyclic) bond motifs is 1. The van der Waals surface area contributed by atoms with Crippen molar-refractivity contribution in [3.8, 4) is 11.5 Å². The molecule has 7 rings (SSSR count). The standard InChI is InChI=1S/C39H41ClN4O3.CH4O3S/c40-33-9-3-5-11-35(33)42-23-25-43(26-24-42)39(47)38-37(36(28-12-16-30(45)17-13-28)29-14-18-31(46)19-15-29)32-8-2-4-10-34(32)44(38)27-22-41-20-6-1-7-21-41;1-5(2,3)4/h2-5,8-19,36,45-46H,1,6-7,20-27H2;1H3,(H,2,3,4). The van der Waals surface area contributed by atoms with Crippen molar-refractivity contribution < 1.29 is 28.0 Å². The number of piperidine rings is 1. The van der Waals surface area contributed by atoms with Gasteiger partial charge in [0.15, 0.2) is 0 Å². The van der Waals surface area contributed by atoms with Crippen molar-refractivity contribution >= 4 is 44.2 Å². The Morgan fingerprint density at radius 3 is 1.85 bits per heavy atom. The van der Waals surface area contributed by atoms with Gasteiger partial charge in [-0.15, -0.1) is 0 Å². The predicted octanol–water partition coefficient (Wildman–Crippen LogP) is 6.84. The number of para-hydroxylation sites is 2. The first-order chi connectivity index (χ1) is 25.0. The molecule has 1 aromatic heterocycles. The lowest BCUT2D eigenvalue weighted by Gasteiger charge is -2.37. The van der Waals surface area contributed by atoms with Crippen molar-refractivity contribution in [1.29, 1.82) is 0 Å². The minimum atomic E-state index is -3.67. The van der Waals surface area contributed by atoms with Crippen molar-refractivity contribution in [2.75, 3.05) is 57.0 Å². The summed E-state index contributed by atoms with van der Waals surface area (Å²) in [6.07, 6.45) is 4.41. The highest BCUT2D eigenvalue weighted by atomic mass is 35.5. The lowest BCUT2D eigenvalue weighted by atomic mass is 9.83. The van der Waals surface area contributed by atoms with E-state index in [1.54, 1.807) is 24.3 Å². The van der Waals surface area contributed by atoms with Gasteiger partial charge in [-0.1, -0.05) is 72.6 Å². The van der Waals surface area contributed by atoms with E-state index in [-0.39, 0.29) is 23.3 Å². The Labute approximate surface area is 310 Å². The first kappa shape index (κ1) is 37.2. The molecule has 3 N–H and O–H groups in total. The Balaban J connectivity index is 0.000000870. The lowest BCUT2D eigenvalue weighted by Crippen LogP contribution is -2.49. The minimum Gasteiger partial charge on any atom is -0.508 e. The normalized spacial score (nSPS) is 15.5. The SMILES string of the molecule is CS(=O)(=O)O.O=C(c1c(C(c2ccc(O)cc2)c2ccc(O)cc2)c2ccccc2n1CCN1CCCCC1)N1CCN(c2ccccc2Cl)CC1. The minimum absolute atomic E-state index is 0.0243. The molecular formula is C40H45ClN4O6S. The summed E-state index contributed by atoms with van der Waals surface area (Å²) in [6, 6.07) is 30.8. The number of halogens is 1. The number of benzene rings is 4. The zero-order valence-electron chi connectivity index (χ0n) is 29.2. The smallest absolute Gasteiger partial charge is 0.270 e. The quantitative estimate of drug-likeness (QED) is 0.148. The summed E-state index contributed by atoms with van der Waals surface area (Å²) in [7, 11) is -3.67. The van der Waals surface area contributed by atoms with Gasteiger partial charge < -0.3 is 29.5 Å². The fourth-order valence-electron chi connectivity index (χ4n) is 7.38. The molecule has 0 unspecified atom stereocenters. The molecule has 0 saturated carbocycles. The van der Waals surface area contributed by atoms with Crippen LogP contribution in [0.25, 0.3) is 10.9 Å². The number of aromatic hydroxyl groups is 2. The number of phenolic OH excluding ortho intramolecular Hbond substituents is 2. The maximum Gasteiger partial charge on any atom is 0.270 e. The van der Waals surface area contributed by atoms with E-state index in [2.05, 4.69) is 32.6 Å². The number of amides is 1. The maximum absolute atomic E-state index is 15.0. The van der Waals surface area contributed by atoms with Crippen LogP contribution in [0, 0.1) is 0 Å². The number of anilines is 1. The molecule has 3 heterocycles. The number of carbonyl (C=O) groups excluding carboxylic acids is 1. The highest BCUT2D eigenvalue weighted by Crippen LogP contribution is 2.42. The molecule has 52 heavy (non-hydrogen) atoms. The van der Waals surface area contributed by atoms with E-state index in [0.717, 1.165) is 57.9 Å². The van der Waals surface area contributed by atoms with Crippen LogP contribution in [0.2, 0.25) is 5.02 Å². The number of nitrogens with zero attached hydrogens (tertiary/aromatic N) is 4. The van der Waals surface area contributed by atoms with E-state index in [4.69, 9.17) is 16.2 Å². The van der Waals surface area contributed by atoms with Crippen molar-refractivity contribution in [3.63, 3.8) is 0 Å². The Hall–Kier alpha value is -4.55. The van der Waals surface area contributed by atoms with Crippen LogP contribution in [0.5, 0.6) is 11.5 Å². The third-order valence-corrected chi connectivity index (χ3v) is 10.1. The fraction of sp³-hybridized carbons (Fsp3) is 0.325. The molecule has 4 aromatic carbocycles. The summed E-state index contributed by atoms with van der Waals surface area (Å²) in [4.78, 5) is 21.8. The van der Waals surface area contributed by atoms with Crippen LogP contribution in [0.15, 0.2) is 97.1 Å². The zero-order valence-corrected chi connectivity index (χ0v) is 30.8. The summed E-state index contributed by atoms with van der Waals surface area (Å²) in [5.74, 6) is 0.0987. The molecule has 0 spiro atoms. The highest BCUT2D eigenvalue weighted by molar-refractivity contribution is 7.85. The Morgan fingerprint density at radius 2 is 1.27 bits per heavy atom. The van der Waals surface area contributed by atoms with Crippen LogP contribution in [0.1, 0.15) is 52.4 Å². The molecule has 274 valence electrons. The largest absolute Gasteiger partial charge is 0.508 e. The topological polar surface area (TPSA) is 127 Å². The third kappa shape index (κ3) is 8.90. The number of carbonyl (C=O) groups is 1. The lowest BCUT2D eigenvalue weighted by molar-refractivity contribution is 0.0734. The molecular weight excluding hydrogens is 700 g/mol. The molecule has 5 aromatic rings. The number of phenols is 2. The summed E-state index contributed by atoms with van der Waals surface area (Å²) in [5.41, 5.74) is 5.63. The van der Waals surface area contributed by atoms with Crippen LogP contribution in [0.3, 0.4) is 0 Å². The van der Waals surface area contributed by atoms with Crippen molar-refractivity contribution in [1.82, 2.24) is 14.4 Å². The molecule has 2 aliphatic heterocycles. The van der Waals surface area contributed by atoms with Gasteiger partial charge in [0.1, 0.15) is 17.2 Å². The van der Waals surface area contributed by atoms with Crippen molar-refractivity contribution in [2.45, 2.75) is 31.7 Å². The fourth-order valence-corrected chi connectivity index (χ4v) is 7.63. The number of rotatable bonds is 8. The predicted molar refractivity (Wildman–Crippen MR) is 206 cm³/mol. The van der Waals surface area contributed by atoms with E-state index in [1.807, 2.05) is 59.5 Å². The summed E-state index contributed by atoms with van der Waals surface area (Å²) in [5, 5.41) is 22.2. The number of hydrogen-bond acceptors (Lipinski definition) is 7. The highest BCUT2D eigenvalue weighted by Gasteiger charge is 2.34. The van der Waals surface area contributed by atoms with Gasteiger partial charge in [-0.3, -0.25) is 9.35 Å². The van der Waals surface area contributed by atoms with Crippen LogP contribution in [-0.4, -0.2) is 95.5 Å². The summed E-state index contributed by atoms with van der Waals surface area (Å²) >= 11 is 6.55. The first-order valence-corrected chi connectivity index (χ1v) is 19.8. The van der Waals surface area contributed by atoms with Gasteiger partial charge in [-0.25, -0.2) is 0 Å². The third-order valence-electron chi connectivity index (χ3n) is 9.80. The number of hydrogen-bond donors (Lipinski definition) is 3. The van der Waals surface area contributed by atoms with E-state index < -0.39 is 10.1 Å². The van der Waals surface area contributed by atoms with Crippen LogP contribution in [-0.2, 0) is 16.7 Å². The molecule has 0 bridgehead atoms. The van der Waals surface area contributed by atoms with Crippen LogP contribution in [0.4, 0.5) is 5.69 Å². The van der Waals surface area contributed by atoms with Crippen LogP contribution < -0.4 is 4.90 Å². The molecule has 0 atom stereocenters. The second-order valence-electron chi connectivity index (χ2n) is 13.4. The number of piperazine rings is 1. The Bertz CT molecular complexity index is 2040. The molecule has 2 aliphatic rings. The molecule has 2 saturated heterocycles. The van der Waals surface area contributed by atoms with E-state index in [9.17, 15) is 18.6 Å². The maximum atomic E-state index is 15.0. The number of likely N-dealkylation sites (tertiary alicyclic amines) is 1. The van der Waals surface area contributed by atoms with E-state index >= 15 is 4.79 Å². The van der Waals surface area contributed by atoms with Crippen molar-refractivity contribution in [3.05, 3.63) is 124 Å². The van der Waals surface area contributed by atoms with E-state index in [1.165, 1.54) is 19.3 Å². The Morgan fingerprint density at radius 1 is 0.731 bits per heavy atom. The molecule has 0 aliphatic carbocycles. The summed E-state index contributed by atoms with van der Waals surface area (Å²) in [6.45, 7) is 6.31. The summed E-state index contributed by atoms with van der Waals surface area (Å²) < 4.78 is 28.1. The number of aromatic nitrogens is 1. The Kier molecular flexibility index (Phi) is 11.7. The van der Waals surface area contributed by atoms with E-state index in [0.29, 0.717) is 44.7 Å². The monoisotopic (exact) mass is 744 g/mol. The van der Waals surface area contributed by atoms with Crippen LogP contribution >= 0.6 is 11.6 Å².